The molecule has 0 radical (unpaired) electrons. The fourth-order valence-electron chi connectivity index (χ4n) is 2.51. The molecule has 0 fully saturated rings. The highest BCUT2D eigenvalue weighted by molar-refractivity contribution is 7.69. The SMILES string of the molecule is Cc1cc(Cl)ccc1P(Oc1ccccc1)c1ccc(Cl)cc1C. The van der Waals surface area contributed by atoms with Gasteiger partial charge in [-0.25, -0.2) is 0 Å². The monoisotopic (exact) mass is 374 g/mol. The van der Waals surface area contributed by atoms with E-state index in [1.165, 1.54) is 0 Å². The second-order valence-electron chi connectivity index (χ2n) is 5.56. The predicted octanol–water partition coefficient (Wildman–Crippen LogP) is 6.04. The van der Waals surface area contributed by atoms with Gasteiger partial charge in [0.15, 0.2) is 8.15 Å². The first-order valence-electron chi connectivity index (χ1n) is 7.60. The van der Waals surface area contributed by atoms with Gasteiger partial charge in [-0.2, -0.15) is 0 Å². The molecule has 0 atom stereocenters. The molecule has 3 aromatic rings. The van der Waals surface area contributed by atoms with Crippen molar-refractivity contribution in [2.45, 2.75) is 13.8 Å². The van der Waals surface area contributed by atoms with E-state index in [2.05, 4.69) is 26.0 Å². The lowest BCUT2D eigenvalue weighted by Gasteiger charge is -2.22. The maximum absolute atomic E-state index is 6.41. The van der Waals surface area contributed by atoms with E-state index in [1.54, 1.807) is 0 Å². The Morgan fingerprint density at radius 1 is 0.708 bits per heavy atom. The molecule has 122 valence electrons. The van der Waals surface area contributed by atoms with Crippen molar-refractivity contribution in [1.82, 2.24) is 0 Å². The van der Waals surface area contributed by atoms with Crippen LogP contribution in [0.4, 0.5) is 0 Å². The summed E-state index contributed by atoms with van der Waals surface area (Å²) in [6, 6.07) is 21.8. The topological polar surface area (TPSA) is 9.23 Å². The molecule has 0 aliphatic carbocycles. The van der Waals surface area contributed by atoms with Gasteiger partial charge in [0.2, 0.25) is 0 Å². The number of benzene rings is 3. The van der Waals surface area contributed by atoms with Crippen molar-refractivity contribution in [3.8, 4) is 5.75 Å². The highest BCUT2D eigenvalue weighted by Gasteiger charge is 2.21. The van der Waals surface area contributed by atoms with E-state index in [9.17, 15) is 0 Å². The molecule has 0 aliphatic rings. The molecule has 0 bridgehead atoms. The average Bonchev–Trinajstić information content (AvgIpc) is 2.55. The largest absolute Gasteiger partial charge is 0.464 e. The number of rotatable bonds is 4. The Balaban J connectivity index is 2.09. The van der Waals surface area contributed by atoms with Crippen LogP contribution in [0.5, 0.6) is 5.75 Å². The minimum Gasteiger partial charge on any atom is -0.464 e. The zero-order valence-corrected chi connectivity index (χ0v) is 15.9. The van der Waals surface area contributed by atoms with Crippen molar-refractivity contribution in [2.24, 2.45) is 0 Å². The summed E-state index contributed by atoms with van der Waals surface area (Å²) in [6.07, 6.45) is 0. The Bertz CT molecular complexity index is 798. The molecule has 3 aromatic carbocycles. The molecule has 0 spiro atoms. The van der Waals surface area contributed by atoms with Gasteiger partial charge in [0.1, 0.15) is 5.75 Å². The van der Waals surface area contributed by atoms with Gasteiger partial charge >= 0.3 is 0 Å². The quantitative estimate of drug-likeness (QED) is 0.506. The fraction of sp³-hybridized carbons (Fsp3) is 0.100. The van der Waals surface area contributed by atoms with Gasteiger partial charge < -0.3 is 4.52 Å². The first-order valence-corrected chi connectivity index (χ1v) is 9.61. The third-order valence-corrected chi connectivity index (χ3v) is 6.44. The molecule has 0 aliphatic heterocycles. The van der Waals surface area contributed by atoms with Gasteiger partial charge in [0.25, 0.3) is 0 Å². The second kappa shape index (κ2) is 7.57. The van der Waals surface area contributed by atoms with E-state index in [4.69, 9.17) is 27.7 Å². The summed E-state index contributed by atoms with van der Waals surface area (Å²) < 4.78 is 6.41. The van der Waals surface area contributed by atoms with Crippen LogP contribution in [-0.2, 0) is 0 Å². The standard InChI is InChI=1S/C20H17Cl2OP/c1-14-12-16(21)8-10-19(14)24(23-18-6-4-3-5-7-18)20-11-9-17(22)13-15(20)2/h3-13H,1-2H3. The predicted molar refractivity (Wildman–Crippen MR) is 106 cm³/mol. The zero-order valence-electron chi connectivity index (χ0n) is 13.5. The molecule has 3 rings (SSSR count). The molecule has 4 heteroatoms. The highest BCUT2D eigenvalue weighted by Crippen LogP contribution is 2.39. The first kappa shape index (κ1) is 17.3. The van der Waals surface area contributed by atoms with Gasteiger partial charge in [-0.1, -0.05) is 41.4 Å². The van der Waals surface area contributed by atoms with Gasteiger partial charge in [-0.15, -0.1) is 0 Å². The van der Waals surface area contributed by atoms with Crippen molar-refractivity contribution in [2.75, 3.05) is 0 Å². The van der Waals surface area contributed by atoms with Gasteiger partial charge in [0.05, 0.1) is 0 Å². The maximum atomic E-state index is 6.41. The number of hydrogen-bond acceptors (Lipinski definition) is 1. The number of para-hydroxylation sites is 1. The minimum absolute atomic E-state index is 0.735. The fourth-order valence-corrected chi connectivity index (χ4v) is 4.94. The van der Waals surface area contributed by atoms with E-state index >= 15 is 0 Å². The van der Waals surface area contributed by atoms with Crippen LogP contribution >= 0.6 is 31.4 Å². The molecule has 0 saturated heterocycles. The Hall–Kier alpha value is -1.53. The molecule has 0 amide bonds. The zero-order chi connectivity index (χ0) is 17.1. The van der Waals surface area contributed by atoms with Crippen LogP contribution in [0.3, 0.4) is 0 Å². The van der Waals surface area contributed by atoms with Crippen LogP contribution in [0, 0.1) is 13.8 Å². The second-order valence-corrected chi connectivity index (χ2v) is 8.17. The van der Waals surface area contributed by atoms with Crippen LogP contribution in [0.2, 0.25) is 10.0 Å². The third kappa shape index (κ3) is 3.92. The molecule has 0 unspecified atom stereocenters. The van der Waals surface area contributed by atoms with E-state index in [0.29, 0.717) is 0 Å². The summed E-state index contributed by atoms with van der Waals surface area (Å²) in [5.41, 5.74) is 2.25. The lowest BCUT2D eigenvalue weighted by molar-refractivity contribution is 0.629. The van der Waals surface area contributed by atoms with Gasteiger partial charge in [-0.05, 0) is 73.5 Å². The molecule has 0 heterocycles. The van der Waals surface area contributed by atoms with E-state index in [1.807, 2.05) is 54.6 Å². The summed E-state index contributed by atoms with van der Waals surface area (Å²) in [6.45, 7) is 4.13. The van der Waals surface area contributed by atoms with Crippen LogP contribution in [0.1, 0.15) is 11.1 Å². The van der Waals surface area contributed by atoms with Gasteiger partial charge in [-0.3, -0.25) is 0 Å². The van der Waals surface area contributed by atoms with Crippen molar-refractivity contribution < 1.29 is 4.52 Å². The summed E-state index contributed by atoms with van der Waals surface area (Å²) >= 11 is 12.3. The highest BCUT2D eigenvalue weighted by atomic mass is 35.5. The molecular formula is C20H17Cl2OP. The first-order chi connectivity index (χ1) is 11.5. The number of halogens is 2. The van der Waals surface area contributed by atoms with Crippen LogP contribution in [0.25, 0.3) is 0 Å². The summed E-state index contributed by atoms with van der Waals surface area (Å²) in [5, 5.41) is 3.78. The molecular weight excluding hydrogens is 358 g/mol. The van der Waals surface area contributed by atoms with Crippen molar-refractivity contribution in [3.63, 3.8) is 0 Å². The van der Waals surface area contributed by atoms with Crippen molar-refractivity contribution in [3.05, 3.63) is 87.9 Å². The van der Waals surface area contributed by atoms with Crippen molar-refractivity contribution in [1.29, 1.82) is 0 Å². The smallest absolute Gasteiger partial charge is 0.151 e. The molecule has 1 nitrogen and oxygen atoms in total. The van der Waals surface area contributed by atoms with Crippen LogP contribution in [-0.4, -0.2) is 0 Å². The normalized spacial score (nSPS) is 10.9. The Morgan fingerprint density at radius 3 is 1.67 bits per heavy atom. The van der Waals surface area contributed by atoms with Crippen molar-refractivity contribution >= 4 is 42.0 Å². The van der Waals surface area contributed by atoms with Crippen LogP contribution in [0.15, 0.2) is 66.7 Å². The maximum Gasteiger partial charge on any atom is 0.151 e. The summed E-state index contributed by atoms with van der Waals surface area (Å²) in [7, 11) is -1.01. The summed E-state index contributed by atoms with van der Waals surface area (Å²) in [4.78, 5) is 0. The molecule has 24 heavy (non-hydrogen) atoms. The lowest BCUT2D eigenvalue weighted by atomic mass is 10.2. The Labute approximate surface area is 154 Å². The minimum atomic E-state index is -1.01. The summed E-state index contributed by atoms with van der Waals surface area (Å²) in [5.74, 6) is 0.854. The molecule has 0 N–H and O–H groups in total. The third-order valence-electron chi connectivity index (χ3n) is 3.70. The molecule has 0 saturated carbocycles. The van der Waals surface area contributed by atoms with E-state index in [-0.39, 0.29) is 0 Å². The van der Waals surface area contributed by atoms with Gasteiger partial charge in [0, 0.05) is 20.7 Å². The number of aryl methyl sites for hydroxylation is 2. The Morgan fingerprint density at radius 2 is 1.21 bits per heavy atom. The lowest BCUT2D eigenvalue weighted by Crippen LogP contribution is -2.20. The average molecular weight is 375 g/mol. The van der Waals surface area contributed by atoms with E-state index < -0.39 is 8.15 Å². The Kier molecular flexibility index (Phi) is 5.46. The number of hydrogen-bond donors (Lipinski definition) is 0. The van der Waals surface area contributed by atoms with Crippen LogP contribution < -0.4 is 15.1 Å². The van der Waals surface area contributed by atoms with E-state index in [0.717, 1.165) is 37.5 Å². The molecule has 0 aromatic heterocycles.